The number of benzene rings is 1. The molecule has 144 valence electrons. The molecular formula is C21H26BrN3O2. The van der Waals surface area contributed by atoms with Crippen LogP contribution in [0.3, 0.4) is 0 Å². The monoisotopic (exact) mass is 431 g/mol. The molecule has 0 aliphatic carbocycles. The van der Waals surface area contributed by atoms with Gasteiger partial charge in [-0.05, 0) is 51.3 Å². The van der Waals surface area contributed by atoms with E-state index in [-0.39, 0.29) is 5.91 Å². The Balaban J connectivity index is 2.10. The number of amides is 1. The summed E-state index contributed by atoms with van der Waals surface area (Å²) in [5.41, 5.74) is 2.91. The molecule has 0 unspecified atom stereocenters. The number of fused-ring (bicyclic) bond motifs is 1. The summed E-state index contributed by atoms with van der Waals surface area (Å²) in [7, 11) is 1.65. The van der Waals surface area contributed by atoms with E-state index in [1.807, 2.05) is 32.0 Å². The molecule has 2 heterocycles. The highest BCUT2D eigenvalue weighted by Crippen LogP contribution is 2.36. The van der Waals surface area contributed by atoms with Crippen molar-refractivity contribution < 1.29 is 9.53 Å². The highest BCUT2D eigenvalue weighted by atomic mass is 79.9. The van der Waals surface area contributed by atoms with Crippen LogP contribution in [0.4, 0.5) is 0 Å². The minimum atomic E-state index is -0.667. The van der Waals surface area contributed by atoms with E-state index in [2.05, 4.69) is 28.9 Å². The Hall–Kier alpha value is -1.95. The van der Waals surface area contributed by atoms with Crippen molar-refractivity contribution in [3.8, 4) is 5.75 Å². The van der Waals surface area contributed by atoms with Crippen LogP contribution in [0.25, 0.3) is 10.9 Å². The van der Waals surface area contributed by atoms with E-state index >= 15 is 0 Å². The van der Waals surface area contributed by atoms with E-state index in [1.54, 1.807) is 12.1 Å². The number of halogens is 1. The molecule has 0 spiro atoms. The van der Waals surface area contributed by atoms with Gasteiger partial charge in [0.1, 0.15) is 11.3 Å². The third-order valence-electron chi connectivity index (χ3n) is 5.05. The quantitative estimate of drug-likeness (QED) is 0.477. The number of hydrogen-bond acceptors (Lipinski definition) is 4. The largest absolute Gasteiger partial charge is 0.494 e. The van der Waals surface area contributed by atoms with Crippen molar-refractivity contribution in [1.82, 2.24) is 9.99 Å². The minimum Gasteiger partial charge on any atom is -0.494 e. The number of aromatic nitrogens is 1. The summed E-state index contributed by atoms with van der Waals surface area (Å²) >= 11 is 3.44. The molecule has 0 saturated carbocycles. The fourth-order valence-electron chi connectivity index (χ4n) is 3.41. The molecule has 1 amide bonds. The van der Waals surface area contributed by atoms with Crippen molar-refractivity contribution in [3.05, 3.63) is 35.5 Å². The summed E-state index contributed by atoms with van der Waals surface area (Å²) in [5, 5.41) is 8.26. The summed E-state index contributed by atoms with van der Waals surface area (Å²) in [5.74, 6) is 0.787. The molecule has 0 N–H and O–H groups in total. The highest BCUT2D eigenvalue weighted by Gasteiger charge is 2.44. The average molecular weight is 432 g/mol. The number of aryl methyl sites for hydroxylation is 1. The lowest BCUT2D eigenvalue weighted by molar-refractivity contribution is -0.135. The van der Waals surface area contributed by atoms with Crippen LogP contribution in [0.5, 0.6) is 5.75 Å². The molecule has 6 heteroatoms. The number of unbranched alkanes of at least 4 members (excludes halogenated alkanes) is 1. The van der Waals surface area contributed by atoms with Gasteiger partial charge in [-0.15, -0.1) is 0 Å². The lowest BCUT2D eigenvalue weighted by Gasteiger charge is -2.20. The number of hydrazone groups is 1. The maximum absolute atomic E-state index is 12.9. The molecule has 0 fully saturated rings. The molecule has 0 atom stereocenters. The van der Waals surface area contributed by atoms with Crippen molar-refractivity contribution in [3.63, 3.8) is 0 Å². The van der Waals surface area contributed by atoms with Gasteiger partial charge >= 0.3 is 0 Å². The van der Waals surface area contributed by atoms with Gasteiger partial charge in [-0.3, -0.25) is 4.79 Å². The van der Waals surface area contributed by atoms with Gasteiger partial charge in [0, 0.05) is 28.5 Å². The van der Waals surface area contributed by atoms with Crippen LogP contribution in [-0.4, -0.2) is 40.6 Å². The number of nitrogens with zero attached hydrogens (tertiary/aromatic N) is 3. The number of hydrogen-bond donors (Lipinski definition) is 0. The standard InChI is InChI=1S/C21H26BrN3O2/c1-5-14-8-9-15-16(10-11-17(27-4)18(15)23-14)19-21(2,3)20(26)25(24-19)13-7-6-12-22/h8-11H,5-7,12-13H2,1-4H3. The molecule has 1 aromatic carbocycles. The molecule has 0 bridgehead atoms. The van der Waals surface area contributed by atoms with Gasteiger partial charge in [0.2, 0.25) is 0 Å². The Morgan fingerprint density at radius 1 is 1.19 bits per heavy atom. The first-order chi connectivity index (χ1) is 12.9. The van der Waals surface area contributed by atoms with Crippen LogP contribution in [0.15, 0.2) is 29.4 Å². The molecule has 2 aromatic rings. The summed E-state index contributed by atoms with van der Waals surface area (Å²) < 4.78 is 5.52. The van der Waals surface area contributed by atoms with Gasteiger partial charge < -0.3 is 4.74 Å². The van der Waals surface area contributed by atoms with E-state index in [4.69, 9.17) is 14.8 Å². The smallest absolute Gasteiger partial charge is 0.254 e. The van der Waals surface area contributed by atoms with Crippen molar-refractivity contribution in [2.24, 2.45) is 10.5 Å². The normalized spacial score (nSPS) is 16.1. The van der Waals surface area contributed by atoms with E-state index < -0.39 is 5.41 Å². The van der Waals surface area contributed by atoms with Gasteiger partial charge in [-0.1, -0.05) is 28.9 Å². The van der Waals surface area contributed by atoms with Crippen LogP contribution < -0.4 is 4.74 Å². The molecule has 1 aliphatic heterocycles. The summed E-state index contributed by atoms with van der Waals surface area (Å²) in [4.78, 5) is 17.7. The highest BCUT2D eigenvalue weighted by molar-refractivity contribution is 9.09. The maximum Gasteiger partial charge on any atom is 0.254 e. The zero-order valence-corrected chi connectivity index (χ0v) is 18.0. The maximum atomic E-state index is 12.9. The van der Waals surface area contributed by atoms with Gasteiger partial charge in [0.05, 0.1) is 18.2 Å². The van der Waals surface area contributed by atoms with Crippen molar-refractivity contribution >= 4 is 38.5 Å². The summed E-state index contributed by atoms with van der Waals surface area (Å²) in [6.07, 6.45) is 2.80. The van der Waals surface area contributed by atoms with Crippen LogP contribution in [-0.2, 0) is 11.2 Å². The molecular weight excluding hydrogens is 406 g/mol. The van der Waals surface area contributed by atoms with Crippen LogP contribution in [0.2, 0.25) is 0 Å². The predicted molar refractivity (Wildman–Crippen MR) is 113 cm³/mol. The molecule has 0 radical (unpaired) electrons. The third-order valence-corrected chi connectivity index (χ3v) is 5.61. The number of ether oxygens (including phenoxy) is 1. The molecule has 5 nitrogen and oxygen atoms in total. The van der Waals surface area contributed by atoms with Gasteiger partial charge in [0.25, 0.3) is 5.91 Å². The zero-order chi connectivity index (χ0) is 19.6. The van der Waals surface area contributed by atoms with Gasteiger partial charge in [-0.25, -0.2) is 9.99 Å². The number of pyridine rings is 1. The Kier molecular flexibility index (Phi) is 5.84. The fraction of sp³-hybridized carbons (Fsp3) is 0.476. The molecule has 0 saturated heterocycles. The molecule has 1 aliphatic rings. The number of carbonyl (C=O) groups is 1. The second kappa shape index (κ2) is 7.97. The first-order valence-electron chi connectivity index (χ1n) is 9.38. The Labute approximate surface area is 168 Å². The zero-order valence-electron chi connectivity index (χ0n) is 16.4. The van der Waals surface area contributed by atoms with Crippen LogP contribution in [0.1, 0.15) is 44.9 Å². The lowest BCUT2D eigenvalue weighted by atomic mass is 9.82. The first-order valence-corrected chi connectivity index (χ1v) is 10.5. The molecule has 27 heavy (non-hydrogen) atoms. The topological polar surface area (TPSA) is 54.8 Å². The van der Waals surface area contributed by atoms with Gasteiger partial charge in [-0.2, -0.15) is 5.10 Å². The van der Waals surface area contributed by atoms with E-state index in [1.165, 1.54) is 0 Å². The summed E-state index contributed by atoms with van der Waals surface area (Å²) in [6.45, 7) is 6.62. The van der Waals surface area contributed by atoms with E-state index in [0.29, 0.717) is 6.54 Å². The lowest BCUT2D eigenvalue weighted by Crippen LogP contribution is -2.35. The Bertz CT molecular complexity index is 892. The van der Waals surface area contributed by atoms with Crippen LogP contribution in [0, 0.1) is 5.41 Å². The molecule has 3 rings (SSSR count). The van der Waals surface area contributed by atoms with E-state index in [9.17, 15) is 4.79 Å². The minimum absolute atomic E-state index is 0.0502. The Morgan fingerprint density at radius 2 is 1.96 bits per heavy atom. The van der Waals surface area contributed by atoms with Crippen LogP contribution >= 0.6 is 15.9 Å². The van der Waals surface area contributed by atoms with Crippen molar-refractivity contribution in [1.29, 1.82) is 0 Å². The average Bonchev–Trinajstić information content (AvgIpc) is 2.90. The number of rotatable bonds is 7. The van der Waals surface area contributed by atoms with Crippen molar-refractivity contribution in [2.75, 3.05) is 19.0 Å². The van der Waals surface area contributed by atoms with Crippen molar-refractivity contribution in [2.45, 2.75) is 40.0 Å². The number of methoxy groups -OCH3 is 1. The first kappa shape index (κ1) is 19.8. The van der Waals surface area contributed by atoms with Gasteiger partial charge in [0.15, 0.2) is 0 Å². The SMILES string of the molecule is CCc1ccc2c(C3=NN(CCCCBr)C(=O)C3(C)C)ccc(OC)c2n1. The Morgan fingerprint density at radius 3 is 2.63 bits per heavy atom. The fourth-order valence-corrected chi connectivity index (χ4v) is 3.81. The predicted octanol–water partition coefficient (Wildman–Crippen LogP) is 4.55. The number of carbonyl (C=O) groups excluding carboxylic acids is 1. The second-order valence-corrected chi connectivity index (χ2v) is 8.06. The second-order valence-electron chi connectivity index (χ2n) is 7.27. The molecule has 1 aromatic heterocycles. The third kappa shape index (κ3) is 3.59. The van der Waals surface area contributed by atoms with E-state index in [0.717, 1.165) is 58.2 Å². The summed E-state index contributed by atoms with van der Waals surface area (Å²) in [6, 6.07) is 8.00. The number of alkyl halides is 1.